The van der Waals surface area contributed by atoms with Crippen molar-refractivity contribution in [2.24, 2.45) is 29.6 Å². The molecule has 134 valence electrons. The summed E-state index contributed by atoms with van der Waals surface area (Å²) in [6, 6.07) is 0. The Hall–Kier alpha value is 0. The highest BCUT2D eigenvalue weighted by molar-refractivity contribution is 4.74. The van der Waals surface area contributed by atoms with Crippen molar-refractivity contribution in [2.45, 2.75) is 113 Å². The van der Waals surface area contributed by atoms with E-state index in [0.29, 0.717) is 0 Å². The summed E-state index contributed by atoms with van der Waals surface area (Å²) < 4.78 is 0. The van der Waals surface area contributed by atoms with Crippen molar-refractivity contribution in [2.75, 3.05) is 0 Å². The molecule has 0 bridgehead atoms. The van der Waals surface area contributed by atoms with Crippen molar-refractivity contribution < 1.29 is 0 Å². The van der Waals surface area contributed by atoms with Crippen LogP contribution in [-0.4, -0.2) is 0 Å². The maximum Gasteiger partial charge on any atom is -0.0365 e. The summed E-state index contributed by atoms with van der Waals surface area (Å²) in [5, 5.41) is 0. The Balaban J connectivity index is 4.33. The molecule has 0 aromatic rings. The summed E-state index contributed by atoms with van der Waals surface area (Å²) in [5.41, 5.74) is 0. The third kappa shape index (κ3) is 9.21. The Morgan fingerprint density at radius 2 is 1.32 bits per heavy atom. The first-order valence-corrected chi connectivity index (χ1v) is 10.5. The summed E-state index contributed by atoms with van der Waals surface area (Å²) in [4.78, 5) is 0. The highest BCUT2D eigenvalue weighted by atomic mass is 14.3. The number of hydrogen-bond donors (Lipinski definition) is 0. The van der Waals surface area contributed by atoms with E-state index in [1.807, 2.05) is 0 Å². The minimum absolute atomic E-state index is 0.906. The Bertz CT molecular complexity index is 232. The van der Waals surface area contributed by atoms with Gasteiger partial charge < -0.3 is 0 Å². The molecule has 0 heterocycles. The van der Waals surface area contributed by atoms with Gasteiger partial charge in [0.1, 0.15) is 0 Å². The lowest BCUT2D eigenvalue weighted by Crippen LogP contribution is -2.22. The SMILES string of the molecule is CCCCC(CC)CC(C)C(CC)C(C)CCC(C)CCC. The molecule has 0 aromatic heterocycles. The predicted octanol–water partition coefficient (Wildman–Crippen LogP) is 8.11. The molecule has 0 rings (SSSR count). The van der Waals surface area contributed by atoms with Crippen LogP contribution in [0, 0.1) is 29.6 Å². The maximum atomic E-state index is 2.54. The first kappa shape index (κ1) is 22.0. The molecular weight excluding hydrogens is 264 g/mol. The van der Waals surface area contributed by atoms with Crippen LogP contribution in [-0.2, 0) is 0 Å². The molecule has 0 saturated heterocycles. The summed E-state index contributed by atoms with van der Waals surface area (Å²) in [6.07, 6.45) is 14.1. The molecule has 0 aromatic carbocycles. The average Bonchev–Trinajstić information content (AvgIpc) is 2.50. The van der Waals surface area contributed by atoms with Gasteiger partial charge in [-0.15, -0.1) is 0 Å². The van der Waals surface area contributed by atoms with Crippen LogP contribution in [0.15, 0.2) is 0 Å². The van der Waals surface area contributed by atoms with Gasteiger partial charge in [0, 0.05) is 0 Å². The molecule has 0 radical (unpaired) electrons. The van der Waals surface area contributed by atoms with Gasteiger partial charge in [-0.05, 0) is 36.0 Å². The smallest absolute Gasteiger partial charge is 0.0365 e. The maximum absolute atomic E-state index is 2.54. The normalized spacial score (nSPS) is 18.7. The number of unbranched alkanes of at least 4 members (excludes halogenated alkanes) is 1. The third-order valence-corrected chi connectivity index (χ3v) is 6.08. The van der Waals surface area contributed by atoms with Gasteiger partial charge in [-0.3, -0.25) is 0 Å². The van der Waals surface area contributed by atoms with E-state index in [4.69, 9.17) is 0 Å². The van der Waals surface area contributed by atoms with Crippen LogP contribution in [0.2, 0.25) is 0 Å². The van der Waals surface area contributed by atoms with Gasteiger partial charge in [-0.2, -0.15) is 0 Å². The fraction of sp³-hybridized carbons (Fsp3) is 1.00. The predicted molar refractivity (Wildman–Crippen MR) is 103 cm³/mol. The molecule has 0 amide bonds. The van der Waals surface area contributed by atoms with Crippen molar-refractivity contribution in [3.8, 4) is 0 Å². The van der Waals surface area contributed by atoms with Crippen molar-refractivity contribution in [3.05, 3.63) is 0 Å². The van der Waals surface area contributed by atoms with Crippen molar-refractivity contribution in [1.82, 2.24) is 0 Å². The van der Waals surface area contributed by atoms with Crippen LogP contribution < -0.4 is 0 Å². The summed E-state index contributed by atoms with van der Waals surface area (Å²) in [6.45, 7) is 17.0. The molecule has 0 aliphatic carbocycles. The minimum atomic E-state index is 0.906. The molecule has 22 heavy (non-hydrogen) atoms. The zero-order valence-electron chi connectivity index (χ0n) is 17.0. The van der Waals surface area contributed by atoms with E-state index in [1.54, 1.807) is 0 Å². The lowest BCUT2D eigenvalue weighted by Gasteiger charge is -2.32. The largest absolute Gasteiger partial charge is 0.0654 e. The van der Waals surface area contributed by atoms with Crippen molar-refractivity contribution in [3.63, 3.8) is 0 Å². The summed E-state index contributed by atoms with van der Waals surface area (Å²) in [7, 11) is 0. The molecule has 0 fully saturated rings. The second kappa shape index (κ2) is 13.4. The Morgan fingerprint density at radius 1 is 0.636 bits per heavy atom. The van der Waals surface area contributed by atoms with Gasteiger partial charge in [0.25, 0.3) is 0 Å². The molecule has 0 nitrogen and oxygen atoms in total. The first-order chi connectivity index (χ1) is 10.5. The van der Waals surface area contributed by atoms with Gasteiger partial charge >= 0.3 is 0 Å². The van der Waals surface area contributed by atoms with Gasteiger partial charge in [-0.1, -0.05) is 106 Å². The summed E-state index contributed by atoms with van der Waals surface area (Å²) in [5.74, 6) is 4.64. The molecule has 0 heteroatoms. The number of hydrogen-bond acceptors (Lipinski definition) is 0. The average molecular weight is 311 g/mol. The van der Waals surface area contributed by atoms with E-state index >= 15 is 0 Å². The molecule has 0 spiro atoms. The van der Waals surface area contributed by atoms with Gasteiger partial charge in [0.05, 0.1) is 0 Å². The standard InChI is InChI=1S/C22H46/c1-8-12-14-21(10-3)17-20(7)22(11-4)19(6)16-15-18(5)13-9-2/h18-22H,8-17H2,1-7H3. The molecular formula is C22H46. The van der Waals surface area contributed by atoms with Crippen LogP contribution in [0.4, 0.5) is 0 Å². The van der Waals surface area contributed by atoms with Crippen LogP contribution in [0.3, 0.4) is 0 Å². The Labute approximate surface area is 142 Å². The van der Waals surface area contributed by atoms with Crippen LogP contribution in [0.1, 0.15) is 113 Å². The zero-order valence-corrected chi connectivity index (χ0v) is 17.0. The van der Waals surface area contributed by atoms with Crippen LogP contribution in [0.25, 0.3) is 0 Å². The summed E-state index contributed by atoms with van der Waals surface area (Å²) >= 11 is 0. The van der Waals surface area contributed by atoms with E-state index in [9.17, 15) is 0 Å². The second-order valence-electron chi connectivity index (χ2n) is 8.15. The lowest BCUT2D eigenvalue weighted by atomic mass is 9.74. The topological polar surface area (TPSA) is 0 Å². The molecule has 5 unspecified atom stereocenters. The van der Waals surface area contributed by atoms with Crippen LogP contribution in [0.5, 0.6) is 0 Å². The highest BCUT2D eigenvalue weighted by Crippen LogP contribution is 2.34. The zero-order chi connectivity index (χ0) is 17.0. The fourth-order valence-electron chi connectivity index (χ4n) is 4.45. The minimum Gasteiger partial charge on any atom is -0.0654 e. The third-order valence-electron chi connectivity index (χ3n) is 6.08. The van der Waals surface area contributed by atoms with E-state index in [2.05, 4.69) is 48.5 Å². The first-order valence-electron chi connectivity index (χ1n) is 10.5. The molecule has 0 saturated carbocycles. The van der Waals surface area contributed by atoms with E-state index in [1.165, 1.54) is 64.2 Å². The molecule has 0 aliphatic rings. The van der Waals surface area contributed by atoms with Crippen LogP contribution >= 0.6 is 0 Å². The quantitative estimate of drug-likeness (QED) is 0.304. The fourth-order valence-corrected chi connectivity index (χ4v) is 4.45. The highest BCUT2D eigenvalue weighted by Gasteiger charge is 2.24. The molecule has 0 aliphatic heterocycles. The Morgan fingerprint density at radius 3 is 1.82 bits per heavy atom. The van der Waals surface area contributed by atoms with E-state index < -0.39 is 0 Å². The molecule has 0 N–H and O–H groups in total. The van der Waals surface area contributed by atoms with Gasteiger partial charge in [0.15, 0.2) is 0 Å². The van der Waals surface area contributed by atoms with Crippen molar-refractivity contribution >= 4 is 0 Å². The van der Waals surface area contributed by atoms with Crippen molar-refractivity contribution in [1.29, 1.82) is 0 Å². The van der Waals surface area contributed by atoms with Gasteiger partial charge in [-0.25, -0.2) is 0 Å². The molecule has 5 atom stereocenters. The van der Waals surface area contributed by atoms with E-state index in [-0.39, 0.29) is 0 Å². The second-order valence-corrected chi connectivity index (χ2v) is 8.15. The number of rotatable bonds is 14. The van der Waals surface area contributed by atoms with Gasteiger partial charge in [0.2, 0.25) is 0 Å². The monoisotopic (exact) mass is 310 g/mol. The lowest BCUT2D eigenvalue weighted by molar-refractivity contribution is 0.188. The van der Waals surface area contributed by atoms with E-state index in [0.717, 1.165) is 29.6 Å². The Kier molecular flexibility index (Phi) is 13.4.